The Hall–Kier alpha value is -2.69. The number of hydrogen-bond acceptors (Lipinski definition) is 3. The van der Waals surface area contributed by atoms with E-state index in [9.17, 15) is 4.79 Å². The molecule has 0 aliphatic rings. The highest BCUT2D eigenvalue weighted by atomic mass is 16.5. The summed E-state index contributed by atoms with van der Waals surface area (Å²) in [6, 6.07) is 13.1. The number of rotatable bonds is 7. The van der Waals surface area contributed by atoms with Crippen molar-refractivity contribution < 1.29 is 14.3 Å². The molecule has 2 aromatic rings. The predicted octanol–water partition coefficient (Wildman–Crippen LogP) is 3.90. The van der Waals surface area contributed by atoms with Gasteiger partial charge < -0.3 is 20.1 Å². The lowest BCUT2D eigenvalue weighted by Gasteiger charge is -2.13. The highest BCUT2D eigenvalue weighted by Crippen LogP contribution is 2.19. The quantitative estimate of drug-likeness (QED) is 0.758. The molecule has 128 valence electrons. The molecule has 0 aliphatic heterocycles. The summed E-state index contributed by atoms with van der Waals surface area (Å²) in [5.74, 6) is 1.56. The molecule has 0 spiro atoms. The fraction of sp³-hybridized carbons (Fsp3) is 0.316. The predicted molar refractivity (Wildman–Crippen MR) is 96.0 cm³/mol. The van der Waals surface area contributed by atoms with Gasteiger partial charge in [0.1, 0.15) is 18.1 Å². The van der Waals surface area contributed by atoms with Crippen LogP contribution < -0.4 is 20.1 Å². The fourth-order valence-corrected chi connectivity index (χ4v) is 2.30. The van der Waals surface area contributed by atoms with Crippen LogP contribution in [0.2, 0.25) is 0 Å². The van der Waals surface area contributed by atoms with Crippen molar-refractivity contribution in [2.45, 2.75) is 20.8 Å². The molecule has 5 heteroatoms. The largest absolute Gasteiger partial charge is 0.494 e. The number of anilines is 1. The molecular formula is C19H24N2O3. The van der Waals surface area contributed by atoms with Gasteiger partial charge in [-0.15, -0.1) is 0 Å². The zero-order valence-corrected chi connectivity index (χ0v) is 14.4. The van der Waals surface area contributed by atoms with Crippen LogP contribution >= 0.6 is 0 Å². The average molecular weight is 328 g/mol. The van der Waals surface area contributed by atoms with Crippen LogP contribution in [0.4, 0.5) is 10.5 Å². The molecule has 0 fully saturated rings. The van der Waals surface area contributed by atoms with Crippen LogP contribution in [0.5, 0.6) is 11.5 Å². The number of hydrogen-bond donors (Lipinski definition) is 2. The van der Waals surface area contributed by atoms with Gasteiger partial charge >= 0.3 is 6.03 Å². The van der Waals surface area contributed by atoms with E-state index >= 15 is 0 Å². The maximum Gasteiger partial charge on any atom is 0.319 e. The SMILES string of the molecule is CCOc1ccc(OCCNC(=O)Nc2c(C)cccc2C)cc1. The van der Waals surface area contributed by atoms with E-state index in [1.165, 1.54) is 0 Å². The van der Waals surface area contributed by atoms with Gasteiger partial charge in [-0.2, -0.15) is 0 Å². The Morgan fingerprint density at radius 1 is 0.958 bits per heavy atom. The fourth-order valence-electron chi connectivity index (χ4n) is 2.30. The lowest BCUT2D eigenvalue weighted by Crippen LogP contribution is -2.32. The van der Waals surface area contributed by atoms with Crippen molar-refractivity contribution in [1.29, 1.82) is 0 Å². The van der Waals surface area contributed by atoms with Crippen LogP contribution in [0.25, 0.3) is 0 Å². The normalized spacial score (nSPS) is 10.1. The number of carbonyl (C=O) groups is 1. The lowest BCUT2D eigenvalue weighted by atomic mass is 10.1. The van der Waals surface area contributed by atoms with Crippen LogP contribution in [-0.2, 0) is 0 Å². The number of amides is 2. The van der Waals surface area contributed by atoms with E-state index in [2.05, 4.69) is 10.6 Å². The summed E-state index contributed by atoms with van der Waals surface area (Å²) in [4.78, 5) is 12.0. The summed E-state index contributed by atoms with van der Waals surface area (Å²) >= 11 is 0. The molecule has 24 heavy (non-hydrogen) atoms. The van der Waals surface area contributed by atoms with E-state index in [4.69, 9.17) is 9.47 Å². The van der Waals surface area contributed by atoms with Crippen molar-refractivity contribution in [3.8, 4) is 11.5 Å². The van der Waals surface area contributed by atoms with Crippen molar-refractivity contribution >= 4 is 11.7 Å². The van der Waals surface area contributed by atoms with Gasteiger partial charge in [-0.05, 0) is 56.2 Å². The Labute approximate surface area is 143 Å². The number of aryl methyl sites for hydroxylation is 2. The third kappa shape index (κ3) is 5.19. The number of ether oxygens (including phenoxy) is 2. The van der Waals surface area contributed by atoms with Gasteiger partial charge in [-0.3, -0.25) is 0 Å². The Bertz CT molecular complexity index is 649. The molecule has 2 N–H and O–H groups in total. The standard InChI is InChI=1S/C19H24N2O3/c1-4-23-16-8-10-17(11-9-16)24-13-12-20-19(22)21-18-14(2)6-5-7-15(18)3/h5-11H,4,12-13H2,1-3H3,(H2,20,21,22). The van der Waals surface area contributed by atoms with E-state index in [1.807, 2.05) is 63.2 Å². The molecule has 0 bridgehead atoms. The Balaban J connectivity index is 1.73. The second kappa shape index (κ2) is 8.82. The van der Waals surface area contributed by atoms with E-state index < -0.39 is 0 Å². The highest BCUT2D eigenvalue weighted by Gasteiger charge is 2.06. The first-order chi connectivity index (χ1) is 11.6. The number of nitrogens with one attached hydrogen (secondary N) is 2. The number of carbonyl (C=O) groups excluding carboxylic acids is 1. The highest BCUT2D eigenvalue weighted by molar-refractivity contribution is 5.90. The van der Waals surface area contributed by atoms with Gasteiger partial charge in [0.2, 0.25) is 0 Å². The van der Waals surface area contributed by atoms with Gasteiger partial charge in [-0.25, -0.2) is 4.79 Å². The Morgan fingerprint density at radius 3 is 2.12 bits per heavy atom. The zero-order chi connectivity index (χ0) is 17.4. The average Bonchev–Trinajstić information content (AvgIpc) is 2.57. The summed E-state index contributed by atoms with van der Waals surface area (Å²) in [5, 5.41) is 5.66. The molecule has 0 unspecified atom stereocenters. The molecule has 0 radical (unpaired) electrons. The summed E-state index contributed by atoms with van der Waals surface area (Å²) in [5.41, 5.74) is 2.93. The minimum atomic E-state index is -0.234. The number of para-hydroxylation sites is 1. The second-order valence-corrected chi connectivity index (χ2v) is 5.40. The van der Waals surface area contributed by atoms with Crippen LogP contribution in [-0.4, -0.2) is 25.8 Å². The molecular weight excluding hydrogens is 304 g/mol. The molecule has 0 aliphatic carbocycles. The Kier molecular flexibility index (Phi) is 6.49. The minimum absolute atomic E-state index is 0.234. The molecule has 2 rings (SSSR count). The van der Waals surface area contributed by atoms with Gasteiger partial charge in [0.15, 0.2) is 0 Å². The molecule has 0 atom stereocenters. The monoisotopic (exact) mass is 328 g/mol. The first-order valence-electron chi connectivity index (χ1n) is 8.07. The first-order valence-corrected chi connectivity index (χ1v) is 8.07. The summed E-state index contributed by atoms with van der Waals surface area (Å²) in [7, 11) is 0. The summed E-state index contributed by atoms with van der Waals surface area (Å²) < 4.78 is 11.0. The molecule has 0 heterocycles. The van der Waals surface area contributed by atoms with Crippen LogP contribution in [0.3, 0.4) is 0 Å². The maximum absolute atomic E-state index is 12.0. The first kappa shape index (κ1) is 17.7. The van der Waals surface area contributed by atoms with Crippen molar-refractivity contribution in [3.05, 3.63) is 53.6 Å². The second-order valence-electron chi connectivity index (χ2n) is 5.40. The smallest absolute Gasteiger partial charge is 0.319 e. The molecule has 0 aromatic heterocycles. The van der Waals surface area contributed by atoms with E-state index in [-0.39, 0.29) is 6.03 Å². The molecule has 0 saturated heterocycles. The van der Waals surface area contributed by atoms with E-state index in [0.717, 1.165) is 28.3 Å². The maximum atomic E-state index is 12.0. The molecule has 2 aromatic carbocycles. The van der Waals surface area contributed by atoms with Crippen molar-refractivity contribution in [1.82, 2.24) is 5.32 Å². The third-order valence-corrected chi connectivity index (χ3v) is 3.51. The number of benzene rings is 2. The Morgan fingerprint density at radius 2 is 1.54 bits per heavy atom. The molecule has 5 nitrogen and oxygen atoms in total. The summed E-state index contributed by atoms with van der Waals surface area (Å²) in [6.45, 7) is 7.34. The summed E-state index contributed by atoms with van der Waals surface area (Å²) in [6.07, 6.45) is 0. The van der Waals surface area contributed by atoms with Gasteiger partial charge in [0, 0.05) is 5.69 Å². The lowest BCUT2D eigenvalue weighted by molar-refractivity contribution is 0.247. The van der Waals surface area contributed by atoms with E-state index in [1.54, 1.807) is 0 Å². The molecule has 0 saturated carbocycles. The van der Waals surface area contributed by atoms with E-state index in [0.29, 0.717) is 19.8 Å². The van der Waals surface area contributed by atoms with Gasteiger partial charge in [0.25, 0.3) is 0 Å². The minimum Gasteiger partial charge on any atom is -0.494 e. The van der Waals surface area contributed by atoms with Crippen molar-refractivity contribution in [3.63, 3.8) is 0 Å². The number of urea groups is 1. The topological polar surface area (TPSA) is 59.6 Å². The van der Waals surface area contributed by atoms with Crippen LogP contribution in [0, 0.1) is 13.8 Å². The van der Waals surface area contributed by atoms with Crippen molar-refractivity contribution in [2.24, 2.45) is 0 Å². The van der Waals surface area contributed by atoms with Crippen molar-refractivity contribution in [2.75, 3.05) is 25.1 Å². The molecule has 2 amide bonds. The third-order valence-electron chi connectivity index (χ3n) is 3.51. The zero-order valence-electron chi connectivity index (χ0n) is 14.4. The van der Waals surface area contributed by atoms with Crippen LogP contribution in [0.15, 0.2) is 42.5 Å². The van der Waals surface area contributed by atoms with Gasteiger partial charge in [-0.1, -0.05) is 18.2 Å². The van der Waals surface area contributed by atoms with Gasteiger partial charge in [0.05, 0.1) is 13.2 Å². The van der Waals surface area contributed by atoms with Crippen LogP contribution in [0.1, 0.15) is 18.1 Å².